The summed E-state index contributed by atoms with van der Waals surface area (Å²) in [5, 5.41) is 15.8. The summed E-state index contributed by atoms with van der Waals surface area (Å²) in [6.07, 6.45) is 0.928. The van der Waals surface area contributed by atoms with Gasteiger partial charge in [0.15, 0.2) is 0 Å². The van der Waals surface area contributed by atoms with E-state index in [0.717, 1.165) is 31.0 Å². The summed E-state index contributed by atoms with van der Waals surface area (Å²) < 4.78 is 28.3. The summed E-state index contributed by atoms with van der Waals surface area (Å²) in [5.74, 6) is -3.17. The number of halogens is 2. The first-order chi connectivity index (χ1) is 22.2. The Bertz CT molecular complexity index is 1340. The van der Waals surface area contributed by atoms with Crippen molar-refractivity contribution in [2.75, 3.05) is 40.3 Å². The molecular formula is C35H51F2N5O5. The Labute approximate surface area is 277 Å². The molecule has 0 aromatic heterocycles. The van der Waals surface area contributed by atoms with Gasteiger partial charge in [-0.3, -0.25) is 24.6 Å². The molecule has 0 aliphatic heterocycles. The number of rotatable bonds is 18. The van der Waals surface area contributed by atoms with Gasteiger partial charge in [0.05, 0.1) is 12.1 Å². The van der Waals surface area contributed by atoms with Crippen LogP contribution in [0.1, 0.15) is 96.9 Å². The Morgan fingerprint density at radius 3 is 1.83 bits per heavy atom. The van der Waals surface area contributed by atoms with Crippen LogP contribution in [-0.4, -0.2) is 96.0 Å². The number of aliphatic hydroxyl groups is 1. The highest BCUT2D eigenvalue weighted by Crippen LogP contribution is 2.18. The maximum Gasteiger partial charge on any atom is 0.253 e. The van der Waals surface area contributed by atoms with Crippen LogP contribution < -0.4 is 10.7 Å². The number of carbonyl (C=O) groups is 4. The van der Waals surface area contributed by atoms with Crippen LogP contribution in [-0.2, 0) is 11.2 Å². The summed E-state index contributed by atoms with van der Waals surface area (Å²) in [5.41, 5.74) is 3.30. The Balaban J connectivity index is 2.52. The van der Waals surface area contributed by atoms with Crippen molar-refractivity contribution in [2.45, 2.75) is 78.9 Å². The highest BCUT2D eigenvalue weighted by molar-refractivity contribution is 6.04. The molecule has 4 amide bonds. The van der Waals surface area contributed by atoms with E-state index in [4.69, 9.17) is 0 Å². The number of hydrogen-bond donors (Lipinski definition) is 3. The lowest BCUT2D eigenvalue weighted by molar-refractivity contribution is -0.127. The number of hydrogen-bond acceptors (Lipinski definition) is 6. The molecule has 0 heterocycles. The van der Waals surface area contributed by atoms with E-state index in [2.05, 4.69) is 10.7 Å². The van der Waals surface area contributed by atoms with Gasteiger partial charge in [0.2, 0.25) is 5.91 Å². The predicted octanol–water partition coefficient (Wildman–Crippen LogP) is 4.42. The van der Waals surface area contributed by atoms with Gasteiger partial charge in [0.1, 0.15) is 11.6 Å². The number of amides is 4. The van der Waals surface area contributed by atoms with E-state index in [-0.39, 0.29) is 59.4 Å². The molecule has 0 fully saturated rings. The van der Waals surface area contributed by atoms with Crippen molar-refractivity contribution in [1.82, 2.24) is 25.6 Å². The zero-order chi connectivity index (χ0) is 35.3. The summed E-state index contributed by atoms with van der Waals surface area (Å²) in [7, 11) is 3.12. The Morgan fingerprint density at radius 2 is 1.32 bits per heavy atom. The third-order valence-corrected chi connectivity index (χ3v) is 7.31. The molecule has 2 unspecified atom stereocenters. The SMILES string of the molecule is CCCN(CC(O)C(Cc1cc(F)cc(F)c1)NC(=O)c1cc(C(=O)N(C)C)cc(C(=O)N(CCC)CCC)c1)NC(=O)CC(C)C. The summed E-state index contributed by atoms with van der Waals surface area (Å²) in [6.45, 7) is 10.9. The summed E-state index contributed by atoms with van der Waals surface area (Å²) >= 11 is 0. The number of nitrogens with zero attached hydrogens (tertiary/aromatic N) is 3. The van der Waals surface area contributed by atoms with Crippen LogP contribution in [0.4, 0.5) is 8.78 Å². The molecule has 12 heteroatoms. The van der Waals surface area contributed by atoms with Crippen molar-refractivity contribution in [3.05, 3.63) is 70.3 Å². The van der Waals surface area contributed by atoms with E-state index in [9.17, 15) is 33.1 Å². The monoisotopic (exact) mass is 659 g/mol. The van der Waals surface area contributed by atoms with Crippen molar-refractivity contribution in [1.29, 1.82) is 0 Å². The van der Waals surface area contributed by atoms with Crippen molar-refractivity contribution in [3.63, 3.8) is 0 Å². The maximum atomic E-state index is 14.1. The zero-order valence-corrected chi connectivity index (χ0v) is 28.7. The van der Waals surface area contributed by atoms with Crippen LogP contribution in [0.25, 0.3) is 0 Å². The zero-order valence-electron chi connectivity index (χ0n) is 28.7. The lowest BCUT2D eigenvalue weighted by Crippen LogP contribution is -2.53. The molecule has 2 atom stereocenters. The summed E-state index contributed by atoms with van der Waals surface area (Å²) in [4.78, 5) is 55.9. The quantitative estimate of drug-likeness (QED) is 0.204. The van der Waals surface area contributed by atoms with Crippen molar-refractivity contribution in [3.8, 4) is 0 Å². The van der Waals surface area contributed by atoms with E-state index >= 15 is 0 Å². The van der Waals surface area contributed by atoms with Gasteiger partial charge in [-0.15, -0.1) is 0 Å². The highest BCUT2D eigenvalue weighted by Gasteiger charge is 2.27. The van der Waals surface area contributed by atoms with Gasteiger partial charge >= 0.3 is 0 Å². The van der Waals surface area contributed by atoms with Gasteiger partial charge in [0, 0.05) is 69.5 Å². The van der Waals surface area contributed by atoms with Crippen molar-refractivity contribution < 1.29 is 33.1 Å². The topological polar surface area (TPSA) is 122 Å². The molecule has 260 valence electrons. The van der Waals surface area contributed by atoms with E-state index in [1.807, 2.05) is 34.6 Å². The first kappa shape index (κ1) is 39.3. The lowest BCUT2D eigenvalue weighted by atomic mass is 9.98. The minimum atomic E-state index is -1.30. The first-order valence-electron chi connectivity index (χ1n) is 16.3. The van der Waals surface area contributed by atoms with Crippen LogP contribution >= 0.6 is 0 Å². The van der Waals surface area contributed by atoms with Crippen LogP contribution in [0.15, 0.2) is 36.4 Å². The predicted molar refractivity (Wildman–Crippen MR) is 178 cm³/mol. The molecule has 0 radical (unpaired) electrons. The molecule has 2 rings (SSSR count). The van der Waals surface area contributed by atoms with Gasteiger partial charge in [-0.05, 0) is 67.5 Å². The fourth-order valence-electron chi connectivity index (χ4n) is 5.23. The number of hydrazine groups is 1. The second-order valence-corrected chi connectivity index (χ2v) is 12.5. The second-order valence-electron chi connectivity index (χ2n) is 12.5. The van der Waals surface area contributed by atoms with Crippen LogP contribution in [0.2, 0.25) is 0 Å². The van der Waals surface area contributed by atoms with Gasteiger partial charge in [-0.2, -0.15) is 0 Å². The molecule has 47 heavy (non-hydrogen) atoms. The molecule has 2 aromatic carbocycles. The minimum Gasteiger partial charge on any atom is -0.390 e. The van der Waals surface area contributed by atoms with Gasteiger partial charge in [0.25, 0.3) is 17.7 Å². The molecular weight excluding hydrogens is 608 g/mol. The Hall–Kier alpha value is -3.90. The van der Waals surface area contributed by atoms with Crippen molar-refractivity contribution >= 4 is 23.6 Å². The highest BCUT2D eigenvalue weighted by atomic mass is 19.1. The van der Waals surface area contributed by atoms with Gasteiger partial charge in [-0.25, -0.2) is 13.8 Å². The molecule has 0 saturated heterocycles. The molecule has 10 nitrogen and oxygen atoms in total. The fourth-order valence-corrected chi connectivity index (χ4v) is 5.23. The normalized spacial score (nSPS) is 12.5. The van der Waals surface area contributed by atoms with Crippen LogP contribution in [0.3, 0.4) is 0 Å². The first-order valence-corrected chi connectivity index (χ1v) is 16.3. The molecule has 0 bridgehead atoms. The fraction of sp³-hybridized carbons (Fsp3) is 0.543. The molecule has 0 spiro atoms. The number of nitrogens with one attached hydrogen (secondary N) is 2. The van der Waals surface area contributed by atoms with Crippen molar-refractivity contribution in [2.24, 2.45) is 5.92 Å². The lowest BCUT2D eigenvalue weighted by Gasteiger charge is -2.30. The standard InChI is InChI=1S/C35H51F2N5O5/c1-8-11-41(12-9-2)35(47)27-19-25(18-26(20-27)34(46)40(6)7)33(45)38-30(17-24-15-28(36)21-29(37)16-24)31(43)22-42(13-10-3)39-32(44)14-23(4)5/h15-16,18-21,23,30-31,43H,8-14,17,22H2,1-7H3,(H,38,45)(H,39,44). The smallest absolute Gasteiger partial charge is 0.253 e. The van der Waals surface area contributed by atoms with E-state index < -0.39 is 35.6 Å². The van der Waals surface area contributed by atoms with E-state index in [1.54, 1.807) is 24.0 Å². The molecule has 0 saturated carbocycles. The van der Waals surface area contributed by atoms with Crippen LogP contribution in [0, 0.1) is 17.6 Å². The van der Waals surface area contributed by atoms with E-state index in [0.29, 0.717) is 26.1 Å². The Morgan fingerprint density at radius 1 is 0.787 bits per heavy atom. The largest absolute Gasteiger partial charge is 0.390 e. The number of aliphatic hydroxyl groups excluding tert-OH is 1. The second kappa shape index (κ2) is 19.0. The van der Waals surface area contributed by atoms with E-state index in [1.165, 1.54) is 23.1 Å². The number of carbonyl (C=O) groups excluding carboxylic acids is 4. The third kappa shape index (κ3) is 12.7. The average Bonchev–Trinajstić information content (AvgIpc) is 2.98. The molecule has 3 N–H and O–H groups in total. The minimum absolute atomic E-state index is 0.00673. The van der Waals surface area contributed by atoms with Crippen LogP contribution in [0.5, 0.6) is 0 Å². The Kier molecular flexibility index (Phi) is 15.9. The third-order valence-electron chi connectivity index (χ3n) is 7.31. The summed E-state index contributed by atoms with van der Waals surface area (Å²) in [6, 6.07) is 6.13. The molecule has 0 aliphatic carbocycles. The van der Waals surface area contributed by atoms with Gasteiger partial charge < -0.3 is 20.2 Å². The maximum absolute atomic E-state index is 14.1. The van der Waals surface area contributed by atoms with Gasteiger partial charge in [-0.1, -0.05) is 34.6 Å². The average molecular weight is 660 g/mol. The molecule has 2 aromatic rings. The molecule has 0 aliphatic rings. The number of benzene rings is 2.